The Morgan fingerprint density at radius 3 is 2.75 bits per heavy atom. The fourth-order valence-corrected chi connectivity index (χ4v) is 4.52. The summed E-state index contributed by atoms with van der Waals surface area (Å²) >= 11 is 1.63. The zero-order valence-corrected chi connectivity index (χ0v) is 15.4. The predicted octanol–water partition coefficient (Wildman–Crippen LogP) is 2.04. The van der Waals surface area contributed by atoms with Crippen LogP contribution in [-0.2, 0) is 14.4 Å². The topological polar surface area (TPSA) is 77.9 Å². The number of thioether (sulfide) groups is 1. The largest absolute Gasteiger partial charge is 0.481 e. The summed E-state index contributed by atoms with van der Waals surface area (Å²) in [6, 6.07) is -0.352. The molecule has 0 saturated carbocycles. The number of amides is 2. The SMILES string of the molecule is CCC(C)C(=O)N1CSCC1C(=O)N1CCCC(CCC(=O)O)C1. The van der Waals surface area contributed by atoms with Crippen LogP contribution in [0.1, 0.15) is 46.0 Å². The Morgan fingerprint density at radius 1 is 1.33 bits per heavy atom. The molecule has 0 spiro atoms. The summed E-state index contributed by atoms with van der Waals surface area (Å²) in [7, 11) is 0. The number of carboxylic acids is 1. The summed E-state index contributed by atoms with van der Waals surface area (Å²) < 4.78 is 0. The van der Waals surface area contributed by atoms with E-state index in [9.17, 15) is 14.4 Å². The van der Waals surface area contributed by atoms with E-state index in [1.807, 2.05) is 18.7 Å². The van der Waals surface area contributed by atoms with Gasteiger partial charge in [0.15, 0.2) is 0 Å². The third kappa shape index (κ3) is 4.65. The van der Waals surface area contributed by atoms with Gasteiger partial charge in [0.2, 0.25) is 11.8 Å². The molecule has 7 heteroatoms. The molecular weight excluding hydrogens is 328 g/mol. The Balaban J connectivity index is 1.96. The molecule has 0 bridgehead atoms. The van der Waals surface area contributed by atoms with Gasteiger partial charge in [-0.1, -0.05) is 13.8 Å². The van der Waals surface area contributed by atoms with Gasteiger partial charge in [-0.25, -0.2) is 0 Å². The van der Waals surface area contributed by atoms with Crippen molar-refractivity contribution in [2.24, 2.45) is 11.8 Å². The number of aliphatic carboxylic acids is 1. The highest BCUT2D eigenvalue weighted by molar-refractivity contribution is 7.99. The number of carbonyl (C=O) groups is 3. The molecule has 2 heterocycles. The van der Waals surface area contributed by atoms with E-state index in [1.165, 1.54) is 0 Å². The minimum Gasteiger partial charge on any atom is -0.481 e. The number of carbonyl (C=O) groups excluding carboxylic acids is 2. The predicted molar refractivity (Wildman–Crippen MR) is 93.6 cm³/mol. The molecular formula is C17H28N2O4S. The van der Waals surface area contributed by atoms with Crippen LogP contribution < -0.4 is 0 Å². The smallest absolute Gasteiger partial charge is 0.303 e. The molecule has 2 saturated heterocycles. The normalized spacial score (nSPS) is 25.6. The van der Waals surface area contributed by atoms with Crippen molar-refractivity contribution in [1.82, 2.24) is 9.80 Å². The van der Waals surface area contributed by atoms with Crippen molar-refractivity contribution in [2.75, 3.05) is 24.7 Å². The van der Waals surface area contributed by atoms with E-state index < -0.39 is 5.97 Å². The quantitative estimate of drug-likeness (QED) is 0.788. The van der Waals surface area contributed by atoms with Gasteiger partial charge in [0.25, 0.3) is 0 Å². The van der Waals surface area contributed by atoms with Gasteiger partial charge in [-0.15, -0.1) is 11.8 Å². The van der Waals surface area contributed by atoms with E-state index >= 15 is 0 Å². The average Bonchev–Trinajstić information content (AvgIpc) is 3.07. The van der Waals surface area contributed by atoms with Crippen molar-refractivity contribution in [3.05, 3.63) is 0 Å². The Bertz CT molecular complexity index is 485. The molecule has 2 aliphatic rings. The molecule has 1 N–H and O–H groups in total. The molecule has 3 atom stereocenters. The second kappa shape index (κ2) is 8.74. The minimum atomic E-state index is -0.782. The molecule has 0 aromatic heterocycles. The molecule has 2 rings (SSSR count). The lowest BCUT2D eigenvalue weighted by molar-refractivity contribution is -0.146. The Kier molecular flexibility index (Phi) is 6.95. The third-order valence-corrected chi connectivity index (χ3v) is 6.09. The van der Waals surface area contributed by atoms with Gasteiger partial charge in [0.1, 0.15) is 6.04 Å². The fourth-order valence-electron chi connectivity index (χ4n) is 3.36. The van der Waals surface area contributed by atoms with Crippen LogP contribution in [-0.4, -0.2) is 63.5 Å². The maximum Gasteiger partial charge on any atom is 0.303 e. The summed E-state index contributed by atoms with van der Waals surface area (Å²) in [5.41, 5.74) is 0. The van der Waals surface area contributed by atoms with E-state index in [0.29, 0.717) is 24.6 Å². The maximum absolute atomic E-state index is 12.9. The van der Waals surface area contributed by atoms with Crippen molar-refractivity contribution in [1.29, 1.82) is 0 Å². The Labute approximate surface area is 147 Å². The highest BCUT2D eigenvalue weighted by Crippen LogP contribution is 2.28. The van der Waals surface area contributed by atoms with Crippen LogP contribution in [0.15, 0.2) is 0 Å². The zero-order chi connectivity index (χ0) is 17.7. The maximum atomic E-state index is 12.9. The first-order valence-electron chi connectivity index (χ1n) is 8.82. The van der Waals surface area contributed by atoms with E-state index in [1.54, 1.807) is 16.7 Å². The third-order valence-electron chi connectivity index (χ3n) is 5.08. The summed E-state index contributed by atoms with van der Waals surface area (Å²) in [5, 5.41) is 8.84. The van der Waals surface area contributed by atoms with Crippen LogP contribution in [0.25, 0.3) is 0 Å². The first kappa shape index (κ1) is 19.1. The van der Waals surface area contributed by atoms with E-state index in [0.717, 1.165) is 25.8 Å². The van der Waals surface area contributed by atoms with Gasteiger partial charge in [0.05, 0.1) is 5.88 Å². The number of likely N-dealkylation sites (tertiary alicyclic amines) is 1. The highest BCUT2D eigenvalue weighted by Gasteiger charge is 2.39. The van der Waals surface area contributed by atoms with Crippen molar-refractivity contribution < 1.29 is 19.5 Å². The van der Waals surface area contributed by atoms with Gasteiger partial charge in [-0.3, -0.25) is 14.4 Å². The molecule has 3 unspecified atom stereocenters. The Morgan fingerprint density at radius 2 is 2.08 bits per heavy atom. The number of piperidine rings is 1. The summed E-state index contributed by atoms with van der Waals surface area (Å²) in [4.78, 5) is 39.7. The van der Waals surface area contributed by atoms with E-state index in [2.05, 4.69) is 0 Å². The summed E-state index contributed by atoms with van der Waals surface area (Å²) in [5.74, 6) is 0.788. The van der Waals surface area contributed by atoms with Crippen LogP contribution in [0.5, 0.6) is 0 Å². The molecule has 2 fully saturated rings. The lowest BCUT2D eigenvalue weighted by Gasteiger charge is -2.36. The van der Waals surface area contributed by atoms with Gasteiger partial charge >= 0.3 is 5.97 Å². The second-order valence-corrected chi connectivity index (χ2v) is 7.86. The number of nitrogens with zero attached hydrogens (tertiary/aromatic N) is 2. The van der Waals surface area contributed by atoms with Crippen LogP contribution in [0, 0.1) is 11.8 Å². The first-order valence-corrected chi connectivity index (χ1v) is 9.98. The standard InChI is InChI=1S/C17H28N2O4S/c1-3-12(2)16(22)19-11-24-10-14(19)17(23)18-8-4-5-13(9-18)6-7-15(20)21/h12-14H,3-11H2,1-2H3,(H,20,21). The van der Waals surface area contributed by atoms with Crippen LogP contribution in [0.3, 0.4) is 0 Å². The van der Waals surface area contributed by atoms with E-state index in [4.69, 9.17) is 5.11 Å². The van der Waals surface area contributed by atoms with Gasteiger partial charge in [-0.2, -0.15) is 0 Å². The first-order chi connectivity index (χ1) is 11.4. The van der Waals surface area contributed by atoms with Crippen molar-refractivity contribution in [3.63, 3.8) is 0 Å². The van der Waals surface area contributed by atoms with Crippen LogP contribution in [0.2, 0.25) is 0 Å². The van der Waals surface area contributed by atoms with Gasteiger partial charge in [0, 0.05) is 31.2 Å². The monoisotopic (exact) mass is 356 g/mol. The van der Waals surface area contributed by atoms with Crippen LogP contribution >= 0.6 is 11.8 Å². The van der Waals surface area contributed by atoms with Crippen molar-refractivity contribution in [2.45, 2.75) is 52.0 Å². The number of carboxylic acid groups (broad SMARTS) is 1. The molecule has 24 heavy (non-hydrogen) atoms. The molecule has 0 aromatic rings. The summed E-state index contributed by atoms with van der Waals surface area (Å²) in [6.07, 6.45) is 3.45. The van der Waals surface area contributed by atoms with Gasteiger partial charge in [-0.05, 0) is 31.6 Å². The van der Waals surface area contributed by atoms with Crippen LogP contribution in [0.4, 0.5) is 0 Å². The molecule has 0 radical (unpaired) electrons. The molecule has 0 aromatic carbocycles. The molecule has 0 aliphatic carbocycles. The number of hydrogen-bond acceptors (Lipinski definition) is 4. The van der Waals surface area contributed by atoms with Crippen molar-refractivity contribution >= 4 is 29.5 Å². The van der Waals surface area contributed by atoms with Gasteiger partial charge < -0.3 is 14.9 Å². The fraction of sp³-hybridized carbons (Fsp3) is 0.824. The second-order valence-electron chi connectivity index (χ2n) is 6.86. The number of hydrogen-bond donors (Lipinski definition) is 1. The summed E-state index contributed by atoms with van der Waals surface area (Å²) in [6.45, 7) is 5.24. The minimum absolute atomic E-state index is 0.0386. The molecule has 2 amide bonds. The van der Waals surface area contributed by atoms with E-state index in [-0.39, 0.29) is 36.1 Å². The molecule has 2 aliphatic heterocycles. The zero-order valence-electron chi connectivity index (χ0n) is 14.6. The lowest BCUT2D eigenvalue weighted by Crippen LogP contribution is -2.52. The average molecular weight is 356 g/mol. The highest BCUT2D eigenvalue weighted by atomic mass is 32.2. The number of rotatable bonds is 6. The molecule has 136 valence electrons. The molecule has 6 nitrogen and oxygen atoms in total. The Hall–Kier alpha value is -1.24. The lowest BCUT2D eigenvalue weighted by atomic mass is 9.93. The van der Waals surface area contributed by atoms with Crippen molar-refractivity contribution in [3.8, 4) is 0 Å².